The molecule has 1 heterocycles. The summed E-state index contributed by atoms with van der Waals surface area (Å²) in [6.45, 7) is 3.40. The Balaban J connectivity index is 2.23. The van der Waals surface area contributed by atoms with E-state index in [4.69, 9.17) is 0 Å². The molecule has 2 aromatic rings. The standard InChI is InChI=1S/C14H14BrFN2/c1-2-18(14-6-4-3-5-13(14)16)10-11-7-12(15)9-17-8-11/h3-9H,2,10H2,1H3. The maximum atomic E-state index is 13.7. The Labute approximate surface area is 115 Å². The lowest BCUT2D eigenvalue weighted by Gasteiger charge is -2.23. The van der Waals surface area contributed by atoms with Gasteiger partial charge >= 0.3 is 0 Å². The van der Waals surface area contributed by atoms with Gasteiger partial charge in [0, 0.05) is 30.0 Å². The molecule has 0 spiro atoms. The topological polar surface area (TPSA) is 16.1 Å². The van der Waals surface area contributed by atoms with Crippen molar-refractivity contribution in [1.29, 1.82) is 0 Å². The number of halogens is 2. The third-order valence-corrected chi connectivity index (χ3v) is 3.14. The van der Waals surface area contributed by atoms with Crippen LogP contribution in [-0.2, 0) is 6.54 Å². The molecule has 2 nitrogen and oxygen atoms in total. The maximum Gasteiger partial charge on any atom is 0.146 e. The second kappa shape index (κ2) is 5.96. The molecule has 94 valence electrons. The zero-order valence-corrected chi connectivity index (χ0v) is 11.7. The molecule has 0 bridgehead atoms. The zero-order valence-electron chi connectivity index (χ0n) is 10.1. The third kappa shape index (κ3) is 3.07. The molecule has 0 fully saturated rings. The number of hydrogen-bond acceptors (Lipinski definition) is 2. The van der Waals surface area contributed by atoms with Crippen LogP contribution < -0.4 is 4.90 Å². The summed E-state index contributed by atoms with van der Waals surface area (Å²) < 4.78 is 14.7. The SMILES string of the molecule is CCN(Cc1cncc(Br)c1)c1ccccc1F. The van der Waals surface area contributed by atoms with Crippen LogP contribution in [0.2, 0.25) is 0 Å². The van der Waals surface area contributed by atoms with Crippen molar-refractivity contribution >= 4 is 21.6 Å². The van der Waals surface area contributed by atoms with E-state index < -0.39 is 0 Å². The van der Waals surface area contributed by atoms with Crippen LogP contribution in [0.1, 0.15) is 12.5 Å². The first-order valence-corrected chi connectivity index (χ1v) is 6.59. The summed E-state index contributed by atoms with van der Waals surface area (Å²) in [4.78, 5) is 6.11. The van der Waals surface area contributed by atoms with Gasteiger partial charge in [-0.15, -0.1) is 0 Å². The van der Waals surface area contributed by atoms with E-state index in [1.165, 1.54) is 6.07 Å². The first-order chi connectivity index (χ1) is 8.70. The number of anilines is 1. The second-order valence-corrected chi connectivity index (χ2v) is 4.89. The molecule has 0 aliphatic carbocycles. The maximum absolute atomic E-state index is 13.7. The van der Waals surface area contributed by atoms with Gasteiger partial charge in [-0.25, -0.2) is 4.39 Å². The highest BCUT2D eigenvalue weighted by Gasteiger charge is 2.10. The smallest absolute Gasteiger partial charge is 0.146 e. The normalized spacial score (nSPS) is 10.4. The van der Waals surface area contributed by atoms with Crippen molar-refractivity contribution in [2.75, 3.05) is 11.4 Å². The number of pyridine rings is 1. The van der Waals surface area contributed by atoms with Crippen molar-refractivity contribution in [2.24, 2.45) is 0 Å². The first-order valence-electron chi connectivity index (χ1n) is 5.79. The first kappa shape index (κ1) is 13.0. The molecule has 1 aromatic heterocycles. The monoisotopic (exact) mass is 308 g/mol. The van der Waals surface area contributed by atoms with Gasteiger partial charge in [-0.3, -0.25) is 4.98 Å². The molecule has 0 amide bonds. The van der Waals surface area contributed by atoms with Crippen LogP contribution >= 0.6 is 15.9 Å². The number of aromatic nitrogens is 1. The molecule has 4 heteroatoms. The van der Waals surface area contributed by atoms with Gasteiger partial charge in [0.25, 0.3) is 0 Å². The van der Waals surface area contributed by atoms with Gasteiger partial charge in [-0.1, -0.05) is 12.1 Å². The van der Waals surface area contributed by atoms with Crippen LogP contribution in [0.3, 0.4) is 0 Å². The van der Waals surface area contributed by atoms with Crippen molar-refractivity contribution in [3.63, 3.8) is 0 Å². The number of rotatable bonds is 4. The average molecular weight is 309 g/mol. The summed E-state index contributed by atoms with van der Waals surface area (Å²) in [7, 11) is 0. The minimum Gasteiger partial charge on any atom is -0.365 e. The van der Waals surface area contributed by atoms with Crippen molar-refractivity contribution < 1.29 is 4.39 Å². The van der Waals surface area contributed by atoms with E-state index in [0.29, 0.717) is 12.2 Å². The Morgan fingerprint density at radius 1 is 1.28 bits per heavy atom. The van der Waals surface area contributed by atoms with Crippen molar-refractivity contribution in [2.45, 2.75) is 13.5 Å². The molecule has 2 rings (SSSR count). The Morgan fingerprint density at radius 2 is 2.06 bits per heavy atom. The van der Waals surface area contributed by atoms with Crippen LogP contribution in [0.25, 0.3) is 0 Å². The summed E-state index contributed by atoms with van der Waals surface area (Å²) in [6.07, 6.45) is 3.54. The van der Waals surface area contributed by atoms with Crippen LogP contribution in [0.4, 0.5) is 10.1 Å². The fourth-order valence-electron chi connectivity index (χ4n) is 1.84. The molecule has 0 aliphatic rings. The highest BCUT2D eigenvalue weighted by Crippen LogP contribution is 2.21. The summed E-state index contributed by atoms with van der Waals surface area (Å²) in [5.41, 5.74) is 1.68. The number of nitrogens with zero attached hydrogens (tertiary/aromatic N) is 2. The van der Waals surface area contributed by atoms with Crippen molar-refractivity contribution in [1.82, 2.24) is 4.98 Å². The van der Waals surface area contributed by atoms with E-state index in [1.54, 1.807) is 24.5 Å². The van der Waals surface area contributed by atoms with Crippen LogP contribution in [0.15, 0.2) is 47.2 Å². The van der Waals surface area contributed by atoms with Gasteiger partial charge in [0.05, 0.1) is 5.69 Å². The van der Waals surface area contributed by atoms with Gasteiger partial charge in [-0.05, 0) is 46.6 Å². The van der Waals surface area contributed by atoms with Crippen LogP contribution in [-0.4, -0.2) is 11.5 Å². The van der Waals surface area contributed by atoms with Gasteiger partial charge in [-0.2, -0.15) is 0 Å². The predicted molar refractivity (Wildman–Crippen MR) is 75.1 cm³/mol. The fourth-order valence-corrected chi connectivity index (χ4v) is 2.25. The van der Waals surface area contributed by atoms with E-state index in [1.807, 2.05) is 24.0 Å². The van der Waals surface area contributed by atoms with Gasteiger partial charge in [0.1, 0.15) is 5.82 Å². The Morgan fingerprint density at radius 3 is 2.72 bits per heavy atom. The van der Waals surface area contributed by atoms with Crippen molar-refractivity contribution in [3.05, 3.63) is 58.6 Å². The van der Waals surface area contributed by atoms with E-state index in [-0.39, 0.29) is 5.82 Å². The number of para-hydroxylation sites is 1. The van der Waals surface area contributed by atoms with Crippen LogP contribution in [0, 0.1) is 5.82 Å². The Kier molecular flexibility index (Phi) is 4.31. The highest BCUT2D eigenvalue weighted by atomic mass is 79.9. The largest absolute Gasteiger partial charge is 0.365 e. The van der Waals surface area contributed by atoms with E-state index >= 15 is 0 Å². The summed E-state index contributed by atoms with van der Waals surface area (Å²) in [5, 5.41) is 0. The molecular weight excluding hydrogens is 295 g/mol. The van der Waals surface area contributed by atoms with Gasteiger partial charge < -0.3 is 4.90 Å². The molecular formula is C14H14BrFN2. The lowest BCUT2D eigenvalue weighted by molar-refractivity contribution is 0.618. The molecule has 0 atom stereocenters. The molecule has 0 N–H and O–H groups in total. The molecule has 0 saturated heterocycles. The number of hydrogen-bond donors (Lipinski definition) is 0. The Bertz CT molecular complexity index is 531. The highest BCUT2D eigenvalue weighted by molar-refractivity contribution is 9.10. The zero-order chi connectivity index (χ0) is 13.0. The summed E-state index contributed by atoms with van der Waals surface area (Å²) in [5.74, 6) is -0.192. The van der Waals surface area contributed by atoms with E-state index in [2.05, 4.69) is 20.9 Å². The number of benzene rings is 1. The molecule has 0 saturated carbocycles. The minimum atomic E-state index is -0.192. The van der Waals surface area contributed by atoms with E-state index in [9.17, 15) is 4.39 Å². The molecule has 18 heavy (non-hydrogen) atoms. The van der Waals surface area contributed by atoms with Gasteiger partial charge in [0.15, 0.2) is 0 Å². The molecule has 0 aliphatic heterocycles. The lowest BCUT2D eigenvalue weighted by atomic mass is 10.2. The predicted octanol–water partition coefficient (Wildman–Crippen LogP) is 4.01. The summed E-state index contributed by atoms with van der Waals surface area (Å²) >= 11 is 3.39. The molecule has 1 aromatic carbocycles. The second-order valence-electron chi connectivity index (χ2n) is 3.98. The molecule has 0 unspecified atom stereocenters. The van der Waals surface area contributed by atoms with Crippen LogP contribution in [0.5, 0.6) is 0 Å². The van der Waals surface area contributed by atoms with Crippen molar-refractivity contribution in [3.8, 4) is 0 Å². The Hall–Kier alpha value is -1.42. The lowest BCUT2D eigenvalue weighted by Crippen LogP contribution is -2.23. The fraction of sp³-hybridized carbons (Fsp3) is 0.214. The average Bonchev–Trinajstić information content (AvgIpc) is 2.37. The third-order valence-electron chi connectivity index (χ3n) is 2.71. The molecule has 0 radical (unpaired) electrons. The van der Waals surface area contributed by atoms with Gasteiger partial charge in [0.2, 0.25) is 0 Å². The summed E-state index contributed by atoms with van der Waals surface area (Å²) in [6, 6.07) is 8.82. The quantitative estimate of drug-likeness (QED) is 0.848. The van der Waals surface area contributed by atoms with E-state index in [0.717, 1.165) is 16.6 Å². The minimum absolute atomic E-state index is 0.192.